The van der Waals surface area contributed by atoms with Crippen LogP contribution in [0.4, 0.5) is 0 Å². The van der Waals surface area contributed by atoms with E-state index < -0.39 is 5.97 Å². The summed E-state index contributed by atoms with van der Waals surface area (Å²) in [5.74, 6) is -0.765. The topological polar surface area (TPSA) is 63.3 Å². The van der Waals surface area contributed by atoms with Gasteiger partial charge in [0.15, 0.2) is 0 Å². The van der Waals surface area contributed by atoms with Gasteiger partial charge >= 0.3 is 5.97 Å². The van der Waals surface area contributed by atoms with Crippen molar-refractivity contribution in [1.82, 2.24) is 0 Å². The minimum Gasteiger partial charge on any atom is -0.481 e. The molecule has 0 aromatic rings. The van der Waals surface area contributed by atoms with E-state index in [0.717, 1.165) is 6.42 Å². The highest BCUT2D eigenvalue weighted by Crippen LogP contribution is 1.96. The molecule has 0 aromatic carbocycles. The van der Waals surface area contributed by atoms with E-state index in [2.05, 4.69) is 0 Å². The van der Waals surface area contributed by atoms with Gasteiger partial charge in [0, 0.05) is 12.5 Å². The Morgan fingerprint density at radius 3 is 2.67 bits per heavy atom. The minimum atomic E-state index is -0.765. The number of aliphatic carboxylic acids is 1. The summed E-state index contributed by atoms with van der Waals surface area (Å²) in [6, 6.07) is 0.0566. The smallest absolute Gasteiger partial charge is 0.303 e. The fraction of sp³-hybridized carbons (Fsp3) is 0.833. The molecule has 0 unspecified atom stereocenters. The van der Waals surface area contributed by atoms with Crippen LogP contribution in [0.25, 0.3) is 0 Å². The second-order valence-electron chi connectivity index (χ2n) is 2.10. The van der Waals surface area contributed by atoms with Gasteiger partial charge in [0.2, 0.25) is 0 Å². The molecule has 0 fully saturated rings. The molecule has 0 bridgehead atoms. The SMILES string of the molecule is CC[C@H](N)CCC(=O)O. The summed E-state index contributed by atoms with van der Waals surface area (Å²) < 4.78 is 0. The van der Waals surface area contributed by atoms with Crippen LogP contribution < -0.4 is 5.73 Å². The zero-order valence-electron chi connectivity index (χ0n) is 5.63. The van der Waals surface area contributed by atoms with Gasteiger partial charge in [-0.15, -0.1) is 0 Å². The van der Waals surface area contributed by atoms with Crippen molar-refractivity contribution >= 4 is 5.97 Å². The molecule has 0 aliphatic heterocycles. The first kappa shape index (κ1) is 8.43. The van der Waals surface area contributed by atoms with E-state index in [1.54, 1.807) is 0 Å². The van der Waals surface area contributed by atoms with Gasteiger partial charge in [-0.25, -0.2) is 0 Å². The first-order valence-electron chi connectivity index (χ1n) is 3.14. The molecule has 0 aromatic heterocycles. The van der Waals surface area contributed by atoms with Crippen molar-refractivity contribution < 1.29 is 9.90 Å². The van der Waals surface area contributed by atoms with Gasteiger partial charge in [0.05, 0.1) is 0 Å². The van der Waals surface area contributed by atoms with Crippen LogP contribution >= 0.6 is 0 Å². The monoisotopic (exact) mass is 131 g/mol. The molecule has 0 radical (unpaired) electrons. The normalized spacial score (nSPS) is 13.1. The molecule has 0 aliphatic rings. The molecule has 0 saturated carbocycles. The zero-order valence-corrected chi connectivity index (χ0v) is 5.63. The Balaban J connectivity index is 3.16. The molecule has 0 amide bonds. The number of hydrogen-bond acceptors (Lipinski definition) is 2. The van der Waals surface area contributed by atoms with Crippen molar-refractivity contribution in [2.24, 2.45) is 5.73 Å². The van der Waals surface area contributed by atoms with Gasteiger partial charge in [0.1, 0.15) is 0 Å². The second kappa shape index (κ2) is 4.32. The Morgan fingerprint density at radius 1 is 1.78 bits per heavy atom. The van der Waals surface area contributed by atoms with Gasteiger partial charge in [-0.3, -0.25) is 4.79 Å². The largest absolute Gasteiger partial charge is 0.481 e. The van der Waals surface area contributed by atoms with Crippen molar-refractivity contribution in [1.29, 1.82) is 0 Å². The minimum absolute atomic E-state index is 0.0566. The predicted molar refractivity (Wildman–Crippen MR) is 35.1 cm³/mol. The number of carboxylic acids is 1. The Labute approximate surface area is 54.9 Å². The fourth-order valence-electron chi connectivity index (χ4n) is 0.513. The summed E-state index contributed by atoms with van der Waals surface area (Å²) in [5, 5.41) is 8.20. The molecule has 0 rings (SSSR count). The van der Waals surface area contributed by atoms with Crippen LogP contribution in [0.5, 0.6) is 0 Å². The number of rotatable bonds is 4. The molecule has 3 nitrogen and oxygen atoms in total. The second-order valence-corrected chi connectivity index (χ2v) is 2.10. The maximum atomic E-state index is 9.96. The highest BCUT2D eigenvalue weighted by atomic mass is 16.4. The van der Waals surface area contributed by atoms with Crippen LogP contribution in [0.1, 0.15) is 26.2 Å². The van der Waals surface area contributed by atoms with Crippen LogP contribution in [0, 0.1) is 0 Å². The lowest BCUT2D eigenvalue weighted by molar-refractivity contribution is -0.137. The van der Waals surface area contributed by atoms with Gasteiger partial charge < -0.3 is 10.8 Å². The molecule has 3 heteroatoms. The predicted octanol–water partition coefficient (Wildman–Crippen LogP) is 0.588. The van der Waals surface area contributed by atoms with Crippen LogP contribution in [-0.2, 0) is 4.79 Å². The number of nitrogens with two attached hydrogens (primary N) is 1. The van der Waals surface area contributed by atoms with E-state index in [4.69, 9.17) is 10.8 Å². The Bertz CT molecular complexity index is 93.1. The van der Waals surface area contributed by atoms with Gasteiger partial charge in [0.25, 0.3) is 0 Å². The van der Waals surface area contributed by atoms with Crippen LogP contribution in [0.2, 0.25) is 0 Å². The first-order chi connectivity index (χ1) is 4.16. The summed E-state index contributed by atoms with van der Waals surface area (Å²) >= 11 is 0. The lowest BCUT2D eigenvalue weighted by Crippen LogP contribution is -2.19. The lowest BCUT2D eigenvalue weighted by atomic mass is 10.1. The summed E-state index contributed by atoms with van der Waals surface area (Å²) in [6.45, 7) is 1.95. The third-order valence-corrected chi connectivity index (χ3v) is 1.25. The van der Waals surface area contributed by atoms with Crippen molar-refractivity contribution in [3.63, 3.8) is 0 Å². The molecule has 54 valence electrons. The fourth-order valence-corrected chi connectivity index (χ4v) is 0.513. The maximum Gasteiger partial charge on any atom is 0.303 e. The molecule has 1 atom stereocenters. The third kappa shape index (κ3) is 5.30. The summed E-state index contributed by atoms with van der Waals surface area (Å²) in [7, 11) is 0. The van der Waals surface area contributed by atoms with Crippen molar-refractivity contribution in [3.8, 4) is 0 Å². The van der Waals surface area contributed by atoms with Crippen molar-refractivity contribution in [2.45, 2.75) is 32.2 Å². The first-order valence-corrected chi connectivity index (χ1v) is 3.14. The van der Waals surface area contributed by atoms with E-state index in [0.29, 0.717) is 6.42 Å². The molecule has 9 heavy (non-hydrogen) atoms. The van der Waals surface area contributed by atoms with Crippen LogP contribution in [0.3, 0.4) is 0 Å². The Morgan fingerprint density at radius 2 is 2.33 bits per heavy atom. The standard InChI is InChI=1S/C6H13NO2/c1-2-5(7)3-4-6(8)9/h5H,2-4,7H2,1H3,(H,8,9)/t5-/m0/s1. The molecule has 0 saturated heterocycles. The zero-order chi connectivity index (χ0) is 7.28. The average molecular weight is 131 g/mol. The number of carboxylic acid groups (broad SMARTS) is 1. The highest BCUT2D eigenvalue weighted by molar-refractivity contribution is 5.66. The highest BCUT2D eigenvalue weighted by Gasteiger charge is 2.01. The van der Waals surface area contributed by atoms with E-state index in [1.807, 2.05) is 6.92 Å². The van der Waals surface area contributed by atoms with Gasteiger partial charge in [-0.1, -0.05) is 6.92 Å². The molecule has 0 heterocycles. The lowest BCUT2D eigenvalue weighted by Gasteiger charge is -2.03. The van der Waals surface area contributed by atoms with E-state index in [1.165, 1.54) is 0 Å². The number of carbonyl (C=O) groups is 1. The Hall–Kier alpha value is -0.570. The van der Waals surface area contributed by atoms with E-state index in [-0.39, 0.29) is 12.5 Å². The molecular formula is C6H13NO2. The summed E-state index contributed by atoms with van der Waals surface area (Å²) in [6.07, 6.45) is 1.63. The van der Waals surface area contributed by atoms with Crippen LogP contribution in [0.15, 0.2) is 0 Å². The van der Waals surface area contributed by atoms with Crippen LogP contribution in [-0.4, -0.2) is 17.1 Å². The quantitative estimate of drug-likeness (QED) is 0.587. The third-order valence-electron chi connectivity index (χ3n) is 1.25. The van der Waals surface area contributed by atoms with Crippen molar-refractivity contribution in [2.75, 3.05) is 0 Å². The van der Waals surface area contributed by atoms with Gasteiger partial charge in [-0.2, -0.15) is 0 Å². The average Bonchev–Trinajstić information content (AvgIpc) is 1.83. The molecule has 0 spiro atoms. The summed E-state index contributed by atoms with van der Waals surface area (Å²) in [5.41, 5.74) is 5.46. The van der Waals surface area contributed by atoms with E-state index in [9.17, 15) is 4.79 Å². The molecule has 0 aliphatic carbocycles. The molecule has 3 N–H and O–H groups in total. The molecular weight excluding hydrogens is 118 g/mol. The Kier molecular flexibility index (Phi) is 4.05. The van der Waals surface area contributed by atoms with Crippen molar-refractivity contribution in [3.05, 3.63) is 0 Å². The maximum absolute atomic E-state index is 9.96. The van der Waals surface area contributed by atoms with Gasteiger partial charge in [-0.05, 0) is 12.8 Å². The van der Waals surface area contributed by atoms with E-state index >= 15 is 0 Å². The summed E-state index contributed by atoms with van der Waals surface area (Å²) in [4.78, 5) is 9.96. The number of hydrogen-bond donors (Lipinski definition) is 2.